The number of thiazole rings is 1. The summed E-state index contributed by atoms with van der Waals surface area (Å²) in [6.45, 7) is 7.50. The van der Waals surface area contributed by atoms with Gasteiger partial charge in [-0.3, -0.25) is 14.4 Å². The number of aromatic nitrogens is 2. The number of rotatable bonds is 10. The third-order valence-electron chi connectivity index (χ3n) is 9.70. The van der Waals surface area contributed by atoms with E-state index < -0.39 is 0 Å². The predicted octanol–water partition coefficient (Wildman–Crippen LogP) is 9.33. The van der Waals surface area contributed by atoms with Gasteiger partial charge in [0.25, 0.3) is 5.91 Å². The number of halogens is 2. The number of nitrogens with zero attached hydrogens (tertiary/aromatic N) is 4. The van der Waals surface area contributed by atoms with Crippen LogP contribution in [-0.2, 0) is 6.54 Å². The Morgan fingerprint density at radius 3 is 2.64 bits per heavy atom. The Balaban J connectivity index is 1.09. The highest BCUT2D eigenvalue weighted by Gasteiger charge is 2.40. The van der Waals surface area contributed by atoms with Crippen LogP contribution in [0, 0.1) is 0 Å². The SMILES string of the molecule is CCC1CC(N(C)Cc2c(-c3c(Cl)cccc3Cl)noc2C2CC2)CC(C)N1c1nc2ccc(C(=O)NSC3(C)CC3)cc2s1. The molecule has 0 spiro atoms. The molecule has 7 rings (SSSR count). The van der Waals surface area contributed by atoms with Crippen molar-refractivity contribution in [2.24, 2.45) is 0 Å². The highest BCUT2D eigenvalue weighted by Crippen LogP contribution is 2.47. The minimum absolute atomic E-state index is 0.0359. The van der Waals surface area contributed by atoms with Crippen LogP contribution in [0.5, 0.6) is 0 Å². The molecule has 3 fully saturated rings. The van der Waals surface area contributed by atoms with Gasteiger partial charge in [-0.25, -0.2) is 4.98 Å². The Morgan fingerprint density at radius 2 is 1.96 bits per heavy atom. The summed E-state index contributed by atoms with van der Waals surface area (Å²) in [6.07, 6.45) is 7.62. The van der Waals surface area contributed by atoms with E-state index in [-0.39, 0.29) is 10.7 Å². The van der Waals surface area contributed by atoms with E-state index in [1.165, 1.54) is 0 Å². The van der Waals surface area contributed by atoms with Gasteiger partial charge in [0.15, 0.2) is 5.13 Å². The predicted molar refractivity (Wildman–Crippen MR) is 187 cm³/mol. The highest BCUT2D eigenvalue weighted by molar-refractivity contribution is 7.99. The van der Waals surface area contributed by atoms with Crippen LogP contribution in [0.2, 0.25) is 10.0 Å². The summed E-state index contributed by atoms with van der Waals surface area (Å²) in [5.41, 5.74) is 4.25. The van der Waals surface area contributed by atoms with Crippen molar-refractivity contribution < 1.29 is 9.32 Å². The zero-order valence-electron chi connectivity index (χ0n) is 26.1. The van der Waals surface area contributed by atoms with Crippen LogP contribution in [0.15, 0.2) is 40.9 Å². The average molecular weight is 685 g/mol. The fourth-order valence-corrected chi connectivity index (χ4v) is 9.09. The minimum Gasteiger partial charge on any atom is -0.360 e. The van der Waals surface area contributed by atoms with Crippen LogP contribution in [0.3, 0.4) is 0 Å². The first kappa shape index (κ1) is 31.3. The number of anilines is 1. The molecule has 2 saturated carbocycles. The summed E-state index contributed by atoms with van der Waals surface area (Å²) in [4.78, 5) is 22.9. The lowest BCUT2D eigenvalue weighted by Gasteiger charge is -2.46. The van der Waals surface area contributed by atoms with Crippen molar-refractivity contribution in [3.63, 3.8) is 0 Å². The standard InChI is InChI=1S/C34H39Cl2N5O2S2/c1-5-22-17-23(40(4)18-24-30(38-43-31(24)20-9-10-20)29-25(35)7-6-8-26(29)36)15-19(2)41(22)33-37-27-12-11-21(16-28(27)44-33)32(42)39-45-34(3)13-14-34/h6-8,11-12,16,19-20,22-23H,5,9-10,13-15,17-18H2,1-4H3,(H,39,42). The van der Waals surface area contributed by atoms with E-state index in [0.717, 1.165) is 89.4 Å². The smallest absolute Gasteiger partial charge is 0.261 e. The maximum Gasteiger partial charge on any atom is 0.261 e. The van der Waals surface area contributed by atoms with Gasteiger partial charge in [-0.05, 0) is 108 Å². The molecule has 45 heavy (non-hydrogen) atoms. The number of benzene rings is 2. The quantitative estimate of drug-likeness (QED) is 0.167. The Kier molecular flexibility index (Phi) is 8.61. The summed E-state index contributed by atoms with van der Waals surface area (Å²) >= 11 is 16.5. The number of piperidine rings is 1. The highest BCUT2D eigenvalue weighted by atomic mass is 35.5. The molecule has 1 amide bonds. The molecule has 3 heterocycles. The zero-order chi connectivity index (χ0) is 31.5. The monoisotopic (exact) mass is 683 g/mol. The number of carbonyl (C=O) groups excluding carboxylic acids is 1. The molecule has 238 valence electrons. The topological polar surface area (TPSA) is 74.5 Å². The third kappa shape index (κ3) is 6.35. The second-order valence-corrected chi connectivity index (χ2v) is 16.5. The lowest BCUT2D eigenvalue weighted by molar-refractivity contribution is 0.0984. The molecule has 0 bridgehead atoms. The molecule has 3 unspecified atom stereocenters. The van der Waals surface area contributed by atoms with Gasteiger partial charge < -0.3 is 9.42 Å². The van der Waals surface area contributed by atoms with Crippen molar-refractivity contribution >= 4 is 67.7 Å². The van der Waals surface area contributed by atoms with E-state index in [1.807, 2.05) is 36.4 Å². The molecule has 1 aliphatic heterocycles. The molecule has 3 aliphatic rings. The van der Waals surface area contributed by atoms with Gasteiger partial charge >= 0.3 is 0 Å². The van der Waals surface area contributed by atoms with Gasteiger partial charge in [0.05, 0.1) is 20.3 Å². The average Bonchev–Trinajstić information content (AvgIpc) is 3.92. The molecule has 7 nitrogen and oxygen atoms in total. The van der Waals surface area contributed by atoms with Crippen LogP contribution in [0.25, 0.3) is 21.5 Å². The van der Waals surface area contributed by atoms with Crippen LogP contribution < -0.4 is 9.62 Å². The van der Waals surface area contributed by atoms with E-state index >= 15 is 0 Å². The summed E-state index contributed by atoms with van der Waals surface area (Å²) in [5.74, 6) is 1.37. The lowest BCUT2D eigenvalue weighted by atomic mass is 9.89. The van der Waals surface area contributed by atoms with Crippen LogP contribution in [0.1, 0.15) is 93.3 Å². The first-order valence-electron chi connectivity index (χ1n) is 15.9. The molecule has 2 aliphatic carbocycles. The second-order valence-electron chi connectivity index (χ2n) is 13.3. The van der Waals surface area contributed by atoms with E-state index in [1.54, 1.807) is 23.3 Å². The summed E-state index contributed by atoms with van der Waals surface area (Å²) in [7, 11) is 2.22. The Labute approximate surface area is 283 Å². The van der Waals surface area contributed by atoms with Gasteiger partial charge in [-0.1, -0.05) is 52.7 Å². The van der Waals surface area contributed by atoms with Gasteiger partial charge in [-0.2, -0.15) is 0 Å². The minimum atomic E-state index is -0.0359. The van der Waals surface area contributed by atoms with Crippen molar-refractivity contribution in [2.45, 2.75) is 101 Å². The number of hydrogen-bond acceptors (Lipinski definition) is 8. The van der Waals surface area contributed by atoms with E-state index in [9.17, 15) is 4.79 Å². The lowest BCUT2D eigenvalue weighted by Crippen LogP contribution is -2.53. The van der Waals surface area contributed by atoms with Crippen molar-refractivity contribution in [2.75, 3.05) is 11.9 Å². The van der Waals surface area contributed by atoms with E-state index in [4.69, 9.17) is 32.7 Å². The maximum atomic E-state index is 12.8. The Hall–Kier alpha value is -2.30. The number of carbonyl (C=O) groups is 1. The third-order valence-corrected chi connectivity index (χ3v) is 12.5. The molecule has 1 saturated heterocycles. The summed E-state index contributed by atoms with van der Waals surface area (Å²) in [5, 5.41) is 6.73. The normalized spacial score (nSPS) is 22.7. The summed E-state index contributed by atoms with van der Waals surface area (Å²) < 4.78 is 10.3. The molecule has 11 heteroatoms. The molecular weight excluding hydrogens is 645 g/mol. The number of hydrogen-bond donors (Lipinski definition) is 1. The number of nitrogens with one attached hydrogen (secondary N) is 1. The Morgan fingerprint density at radius 1 is 1.20 bits per heavy atom. The van der Waals surface area contributed by atoms with Gasteiger partial charge in [0, 0.05) is 52.0 Å². The number of amides is 1. The molecule has 3 atom stereocenters. The zero-order valence-corrected chi connectivity index (χ0v) is 29.3. The second kappa shape index (κ2) is 12.4. The van der Waals surface area contributed by atoms with Crippen LogP contribution in [0.4, 0.5) is 5.13 Å². The van der Waals surface area contributed by atoms with Crippen molar-refractivity contribution in [3.05, 3.63) is 63.3 Å². The summed E-state index contributed by atoms with van der Waals surface area (Å²) in [6, 6.07) is 12.5. The van der Waals surface area contributed by atoms with Gasteiger partial charge in [-0.15, -0.1) is 0 Å². The molecule has 1 N–H and O–H groups in total. The number of fused-ring (bicyclic) bond motifs is 1. The van der Waals surface area contributed by atoms with Crippen molar-refractivity contribution in [1.82, 2.24) is 19.8 Å². The molecular formula is C34H39Cl2N5O2S2. The van der Waals surface area contributed by atoms with E-state index in [0.29, 0.717) is 39.7 Å². The molecule has 2 aromatic heterocycles. The molecule has 0 radical (unpaired) electrons. The van der Waals surface area contributed by atoms with Crippen LogP contribution >= 0.6 is 46.5 Å². The van der Waals surface area contributed by atoms with E-state index in [2.05, 4.69) is 47.5 Å². The van der Waals surface area contributed by atoms with Crippen molar-refractivity contribution in [3.8, 4) is 11.3 Å². The van der Waals surface area contributed by atoms with Crippen molar-refractivity contribution in [1.29, 1.82) is 0 Å². The van der Waals surface area contributed by atoms with Gasteiger partial charge in [0.2, 0.25) is 0 Å². The maximum absolute atomic E-state index is 12.8. The largest absolute Gasteiger partial charge is 0.360 e. The molecule has 2 aromatic carbocycles. The fourth-order valence-electron chi connectivity index (χ4n) is 6.57. The first-order valence-corrected chi connectivity index (χ1v) is 18.3. The first-order chi connectivity index (χ1) is 21.6. The van der Waals surface area contributed by atoms with Crippen LogP contribution in [-0.4, -0.2) is 50.9 Å². The van der Waals surface area contributed by atoms with Gasteiger partial charge in [0.1, 0.15) is 11.5 Å². The molecule has 4 aromatic rings. The Bertz CT molecular complexity index is 1710. The fraction of sp³-hybridized carbons (Fsp3) is 0.500.